The third-order valence-electron chi connectivity index (χ3n) is 3.24. The van der Waals surface area contributed by atoms with Gasteiger partial charge in [0.15, 0.2) is 0 Å². The summed E-state index contributed by atoms with van der Waals surface area (Å²) >= 11 is 5.87. The number of hydrogen-bond donors (Lipinski definition) is 2. The van der Waals surface area contributed by atoms with Gasteiger partial charge in [0.05, 0.1) is 12.0 Å². The Morgan fingerprint density at radius 1 is 1.26 bits per heavy atom. The first kappa shape index (κ1) is 13.7. The highest BCUT2D eigenvalue weighted by molar-refractivity contribution is 6.30. The number of aromatic nitrogens is 1. The maximum Gasteiger partial charge on any atom is 0.230 e. The zero-order valence-electron chi connectivity index (χ0n) is 11.0. The van der Waals surface area contributed by atoms with Gasteiger partial charge in [0, 0.05) is 16.9 Å². The molecule has 1 aromatic carbocycles. The van der Waals surface area contributed by atoms with E-state index in [0.717, 1.165) is 11.3 Å². The van der Waals surface area contributed by atoms with Crippen molar-refractivity contribution in [1.82, 2.24) is 10.3 Å². The molecule has 0 aliphatic heterocycles. The fraction of sp³-hybridized carbons (Fsp3) is 0.267. The van der Waals surface area contributed by atoms with Gasteiger partial charge < -0.3 is 10.3 Å². The van der Waals surface area contributed by atoms with Gasteiger partial charge in [0.25, 0.3) is 0 Å². The minimum atomic E-state index is -0.586. The van der Waals surface area contributed by atoms with E-state index in [1.165, 1.54) is 0 Å². The molecular weight excluding hydrogens is 260 g/mol. The highest BCUT2D eigenvalue weighted by atomic mass is 35.5. The van der Waals surface area contributed by atoms with E-state index in [0.29, 0.717) is 11.6 Å². The Balaban J connectivity index is 2.06. The summed E-state index contributed by atoms with van der Waals surface area (Å²) in [7, 11) is 0. The van der Waals surface area contributed by atoms with Gasteiger partial charge >= 0.3 is 0 Å². The average Bonchev–Trinajstić information content (AvgIpc) is 2.89. The summed E-state index contributed by atoms with van der Waals surface area (Å²) in [5.74, 6) is -0.00979. The predicted molar refractivity (Wildman–Crippen MR) is 77.1 cm³/mol. The number of aromatic amines is 1. The predicted octanol–water partition coefficient (Wildman–Crippen LogP) is 3.26. The molecule has 0 aliphatic rings. The molecule has 0 unspecified atom stereocenters. The second-order valence-corrected chi connectivity index (χ2v) is 5.45. The number of rotatable bonds is 4. The van der Waals surface area contributed by atoms with Gasteiger partial charge in [-0.3, -0.25) is 4.79 Å². The molecule has 1 aromatic heterocycles. The molecule has 0 fully saturated rings. The average molecular weight is 277 g/mol. The van der Waals surface area contributed by atoms with Crippen LogP contribution in [-0.2, 0) is 16.8 Å². The van der Waals surface area contributed by atoms with Crippen LogP contribution in [0.2, 0.25) is 5.02 Å². The van der Waals surface area contributed by atoms with Crippen molar-refractivity contribution in [2.45, 2.75) is 25.8 Å². The second-order valence-electron chi connectivity index (χ2n) is 5.01. The number of H-pyrrole nitrogens is 1. The summed E-state index contributed by atoms with van der Waals surface area (Å²) in [6, 6.07) is 11.2. The van der Waals surface area contributed by atoms with Crippen molar-refractivity contribution in [1.29, 1.82) is 0 Å². The van der Waals surface area contributed by atoms with Crippen LogP contribution in [0.15, 0.2) is 42.6 Å². The topological polar surface area (TPSA) is 44.9 Å². The van der Waals surface area contributed by atoms with E-state index in [9.17, 15) is 4.79 Å². The first-order valence-electron chi connectivity index (χ1n) is 6.17. The summed E-state index contributed by atoms with van der Waals surface area (Å²) in [5, 5.41) is 3.61. The van der Waals surface area contributed by atoms with Crippen molar-refractivity contribution < 1.29 is 4.79 Å². The van der Waals surface area contributed by atoms with Crippen molar-refractivity contribution in [2.24, 2.45) is 0 Å². The lowest BCUT2D eigenvalue weighted by Crippen LogP contribution is -2.39. The van der Waals surface area contributed by atoms with Crippen LogP contribution in [0.5, 0.6) is 0 Å². The number of hydrogen-bond acceptors (Lipinski definition) is 1. The minimum Gasteiger partial charge on any atom is -0.364 e. The van der Waals surface area contributed by atoms with Crippen molar-refractivity contribution in [3.8, 4) is 0 Å². The van der Waals surface area contributed by atoms with Crippen molar-refractivity contribution in [3.63, 3.8) is 0 Å². The lowest BCUT2D eigenvalue weighted by Gasteiger charge is -2.24. The molecule has 1 amide bonds. The Labute approximate surface area is 118 Å². The lowest BCUT2D eigenvalue weighted by molar-refractivity contribution is -0.125. The van der Waals surface area contributed by atoms with Gasteiger partial charge in [-0.05, 0) is 43.7 Å². The number of nitrogens with one attached hydrogen (secondary N) is 2. The highest BCUT2D eigenvalue weighted by Gasteiger charge is 2.29. The van der Waals surface area contributed by atoms with E-state index in [1.54, 1.807) is 12.1 Å². The molecule has 0 radical (unpaired) electrons. The number of carbonyl (C=O) groups excluding carboxylic acids is 1. The molecule has 0 bridgehead atoms. The molecule has 0 saturated heterocycles. The van der Waals surface area contributed by atoms with Crippen molar-refractivity contribution >= 4 is 17.5 Å². The Bertz CT molecular complexity index is 544. The Kier molecular flexibility index (Phi) is 3.96. The van der Waals surface area contributed by atoms with E-state index in [1.807, 2.05) is 44.3 Å². The highest BCUT2D eigenvalue weighted by Crippen LogP contribution is 2.24. The fourth-order valence-electron chi connectivity index (χ4n) is 1.87. The van der Waals surface area contributed by atoms with Gasteiger partial charge in [-0.15, -0.1) is 0 Å². The van der Waals surface area contributed by atoms with Crippen molar-refractivity contribution in [2.75, 3.05) is 0 Å². The van der Waals surface area contributed by atoms with Gasteiger partial charge in [0.1, 0.15) is 0 Å². The van der Waals surface area contributed by atoms with Gasteiger partial charge in [-0.2, -0.15) is 0 Å². The molecule has 0 spiro atoms. The van der Waals surface area contributed by atoms with E-state index >= 15 is 0 Å². The Morgan fingerprint density at radius 2 is 1.95 bits per heavy atom. The third-order valence-corrected chi connectivity index (χ3v) is 3.49. The zero-order chi connectivity index (χ0) is 13.9. The summed E-state index contributed by atoms with van der Waals surface area (Å²) in [4.78, 5) is 15.3. The zero-order valence-corrected chi connectivity index (χ0v) is 11.8. The number of amides is 1. The van der Waals surface area contributed by atoms with Crippen LogP contribution in [0, 0.1) is 0 Å². The van der Waals surface area contributed by atoms with E-state index < -0.39 is 5.41 Å². The molecule has 3 nitrogen and oxygen atoms in total. The largest absolute Gasteiger partial charge is 0.364 e. The molecule has 100 valence electrons. The maximum absolute atomic E-state index is 12.3. The Morgan fingerprint density at radius 3 is 2.53 bits per heavy atom. The number of carbonyl (C=O) groups is 1. The van der Waals surface area contributed by atoms with Crippen LogP contribution >= 0.6 is 11.6 Å². The summed E-state index contributed by atoms with van der Waals surface area (Å²) in [5.41, 5.74) is 1.35. The van der Waals surface area contributed by atoms with E-state index in [-0.39, 0.29) is 5.91 Å². The molecule has 19 heavy (non-hydrogen) atoms. The standard InChI is InChI=1S/C15H17ClN2O/c1-15(2,11-5-7-12(16)8-6-11)14(19)18-10-13-4-3-9-17-13/h3-9,17H,10H2,1-2H3,(H,18,19). The molecule has 2 N–H and O–H groups in total. The van der Waals surface area contributed by atoms with Crippen molar-refractivity contribution in [3.05, 3.63) is 58.9 Å². The van der Waals surface area contributed by atoms with E-state index in [4.69, 9.17) is 11.6 Å². The fourth-order valence-corrected chi connectivity index (χ4v) is 2.00. The van der Waals surface area contributed by atoms with Gasteiger partial charge in [0.2, 0.25) is 5.91 Å². The molecule has 2 aromatic rings. The summed E-state index contributed by atoms with van der Waals surface area (Å²) in [6.45, 7) is 4.31. The van der Waals surface area contributed by atoms with Gasteiger partial charge in [-0.25, -0.2) is 0 Å². The molecule has 0 atom stereocenters. The molecule has 2 rings (SSSR count). The van der Waals surface area contributed by atoms with Crippen LogP contribution in [0.1, 0.15) is 25.1 Å². The van der Waals surface area contributed by atoms with Crippen LogP contribution < -0.4 is 5.32 Å². The molecule has 0 saturated carbocycles. The van der Waals surface area contributed by atoms with Gasteiger partial charge in [-0.1, -0.05) is 23.7 Å². The minimum absolute atomic E-state index is 0.00979. The normalized spacial score (nSPS) is 11.3. The van der Waals surface area contributed by atoms with Crippen LogP contribution in [0.25, 0.3) is 0 Å². The first-order chi connectivity index (χ1) is 9.00. The maximum atomic E-state index is 12.3. The van der Waals surface area contributed by atoms with Crippen LogP contribution in [-0.4, -0.2) is 10.9 Å². The lowest BCUT2D eigenvalue weighted by atomic mass is 9.84. The molecule has 1 heterocycles. The smallest absolute Gasteiger partial charge is 0.230 e. The quantitative estimate of drug-likeness (QED) is 0.884. The molecule has 4 heteroatoms. The SMILES string of the molecule is CC(C)(C(=O)NCc1ccc[nH]1)c1ccc(Cl)cc1. The molecular formula is C15H17ClN2O. The van der Waals surface area contributed by atoms with Crippen LogP contribution in [0.3, 0.4) is 0 Å². The third kappa shape index (κ3) is 3.18. The van der Waals surface area contributed by atoms with Crippen LogP contribution in [0.4, 0.5) is 0 Å². The second kappa shape index (κ2) is 5.49. The number of benzene rings is 1. The number of halogens is 1. The van der Waals surface area contributed by atoms with E-state index in [2.05, 4.69) is 10.3 Å². The summed E-state index contributed by atoms with van der Waals surface area (Å²) in [6.07, 6.45) is 1.84. The summed E-state index contributed by atoms with van der Waals surface area (Å²) < 4.78 is 0. The Hall–Kier alpha value is -1.74. The molecule has 0 aliphatic carbocycles. The monoisotopic (exact) mass is 276 g/mol. The first-order valence-corrected chi connectivity index (χ1v) is 6.54.